The number of nitrogens with two attached hydrogens (primary N) is 1. The largest absolute Gasteiger partial charge is 0.342 e. The molecule has 0 radical (unpaired) electrons. The van der Waals surface area contributed by atoms with Crippen LogP contribution < -0.4 is 11.1 Å². The van der Waals surface area contributed by atoms with Crippen LogP contribution in [0, 0.1) is 11.6 Å². The summed E-state index contributed by atoms with van der Waals surface area (Å²) in [5, 5.41) is 5.02. The molecule has 0 saturated heterocycles. The van der Waals surface area contributed by atoms with Crippen LogP contribution in [-0.4, -0.2) is 10.9 Å². The average Bonchev–Trinajstić information content (AvgIpc) is 2.90. The SMILES string of the molecule is CC(C)(NC(=O)c1csc(CN)n1)c1ccc(F)c(F)c1.Cl. The van der Waals surface area contributed by atoms with Gasteiger partial charge >= 0.3 is 0 Å². The zero-order valence-electron chi connectivity index (χ0n) is 12.0. The van der Waals surface area contributed by atoms with Crippen molar-refractivity contribution in [2.24, 2.45) is 5.73 Å². The number of hydrogen-bond acceptors (Lipinski definition) is 4. The number of carbonyl (C=O) groups excluding carboxylic acids is 1. The Kier molecular flexibility index (Phi) is 5.99. The molecule has 8 heteroatoms. The third-order valence-electron chi connectivity index (χ3n) is 3.03. The van der Waals surface area contributed by atoms with Crippen molar-refractivity contribution in [1.82, 2.24) is 10.3 Å². The van der Waals surface area contributed by atoms with Crippen molar-refractivity contribution < 1.29 is 13.6 Å². The minimum atomic E-state index is -0.950. The summed E-state index contributed by atoms with van der Waals surface area (Å²) in [5.41, 5.74) is 5.31. The summed E-state index contributed by atoms with van der Waals surface area (Å²) in [7, 11) is 0. The van der Waals surface area contributed by atoms with E-state index in [1.807, 2.05) is 0 Å². The number of nitrogens with one attached hydrogen (secondary N) is 1. The van der Waals surface area contributed by atoms with Crippen molar-refractivity contribution in [1.29, 1.82) is 0 Å². The first-order chi connectivity index (χ1) is 9.83. The molecule has 0 saturated carbocycles. The number of rotatable bonds is 4. The van der Waals surface area contributed by atoms with Crippen LogP contribution in [0.25, 0.3) is 0 Å². The van der Waals surface area contributed by atoms with Crippen LogP contribution in [0.4, 0.5) is 8.78 Å². The van der Waals surface area contributed by atoms with Crippen LogP contribution >= 0.6 is 23.7 Å². The Hall–Kier alpha value is -1.57. The molecule has 0 unspecified atom stereocenters. The molecule has 2 rings (SSSR count). The number of hydrogen-bond donors (Lipinski definition) is 2. The second kappa shape index (κ2) is 7.13. The summed E-state index contributed by atoms with van der Waals surface area (Å²) in [6.45, 7) is 3.67. The molecule has 0 aliphatic rings. The van der Waals surface area contributed by atoms with Crippen molar-refractivity contribution in [3.63, 3.8) is 0 Å². The molecule has 0 atom stereocenters. The quantitative estimate of drug-likeness (QED) is 0.893. The fourth-order valence-corrected chi connectivity index (χ4v) is 2.47. The molecule has 3 N–H and O–H groups in total. The lowest BCUT2D eigenvalue weighted by Crippen LogP contribution is -2.41. The van der Waals surface area contributed by atoms with Crippen molar-refractivity contribution in [3.8, 4) is 0 Å². The van der Waals surface area contributed by atoms with Crippen LogP contribution in [0.3, 0.4) is 0 Å². The fourth-order valence-electron chi connectivity index (χ4n) is 1.81. The van der Waals surface area contributed by atoms with Crippen LogP contribution in [0.5, 0.6) is 0 Å². The molecule has 0 fully saturated rings. The molecule has 0 bridgehead atoms. The first kappa shape index (κ1) is 18.5. The number of amides is 1. The van der Waals surface area contributed by atoms with Crippen molar-refractivity contribution >= 4 is 29.7 Å². The third-order valence-corrected chi connectivity index (χ3v) is 3.90. The Bertz CT molecular complexity index is 676. The third kappa shape index (κ3) is 4.00. The summed E-state index contributed by atoms with van der Waals surface area (Å²) in [4.78, 5) is 16.2. The topological polar surface area (TPSA) is 68.0 Å². The van der Waals surface area contributed by atoms with Crippen LogP contribution in [0.1, 0.15) is 34.9 Å². The van der Waals surface area contributed by atoms with E-state index in [1.54, 1.807) is 19.2 Å². The number of nitrogens with zero attached hydrogens (tertiary/aromatic N) is 1. The maximum Gasteiger partial charge on any atom is 0.271 e. The molecule has 1 aromatic heterocycles. The highest BCUT2D eigenvalue weighted by Crippen LogP contribution is 2.23. The standard InChI is InChI=1S/C14H15F2N3OS.ClH/c1-14(2,8-3-4-9(15)10(16)5-8)19-13(20)11-7-21-12(6-17)18-11;/h3-5,7H,6,17H2,1-2H3,(H,19,20);1H. The Labute approximate surface area is 137 Å². The van der Waals surface area contributed by atoms with E-state index >= 15 is 0 Å². The lowest BCUT2D eigenvalue weighted by Gasteiger charge is -2.26. The Morgan fingerprint density at radius 2 is 2.05 bits per heavy atom. The number of thiazole rings is 1. The summed E-state index contributed by atoms with van der Waals surface area (Å²) >= 11 is 1.30. The summed E-state index contributed by atoms with van der Waals surface area (Å²) < 4.78 is 26.3. The van der Waals surface area contributed by atoms with Crippen molar-refractivity contribution in [2.45, 2.75) is 25.9 Å². The van der Waals surface area contributed by atoms with Gasteiger partial charge in [0, 0.05) is 11.9 Å². The second-order valence-electron chi connectivity index (χ2n) is 5.04. The maximum absolute atomic E-state index is 13.3. The van der Waals surface area contributed by atoms with Gasteiger partial charge in [0.15, 0.2) is 11.6 Å². The lowest BCUT2D eigenvalue weighted by molar-refractivity contribution is 0.0907. The molecule has 1 amide bonds. The summed E-state index contributed by atoms with van der Waals surface area (Å²) in [5.74, 6) is -2.26. The molecule has 22 heavy (non-hydrogen) atoms. The second-order valence-corrected chi connectivity index (χ2v) is 5.98. The molecule has 4 nitrogen and oxygen atoms in total. The Morgan fingerprint density at radius 1 is 1.36 bits per heavy atom. The van der Waals surface area contributed by atoms with Crippen molar-refractivity contribution in [2.75, 3.05) is 0 Å². The first-order valence-electron chi connectivity index (χ1n) is 6.26. The van der Waals surface area contributed by atoms with E-state index in [1.165, 1.54) is 17.4 Å². The molecule has 120 valence electrons. The van der Waals surface area contributed by atoms with Gasteiger partial charge in [0.05, 0.1) is 5.54 Å². The summed E-state index contributed by atoms with van der Waals surface area (Å²) in [6.07, 6.45) is 0. The highest BCUT2D eigenvalue weighted by molar-refractivity contribution is 7.09. The van der Waals surface area contributed by atoms with Gasteiger partial charge in [0.2, 0.25) is 0 Å². The van der Waals surface area contributed by atoms with Gasteiger partial charge in [-0.3, -0.25) is 4.79 Å². The van der Waals surface area contributed by atoms with Crippen LogP contribution in [-0.2, 0) is 12.1 Å². The highest BCUT2D eigenvalue weighted by atomic mass is 35.5. The monoisotopic (exact) mass is 347 g/mol. The van der Waals surface area contributed by atoms with E-state index in [0.29, 0.717) is 10.6 Å². The Morgan fingerprint density at radius 3 is 2.59 bits per heavy atom. The molecule has 1 aromatic carbocycles. The molecule has 1 heterocycles. The highest BCUT2D eigenvalue weighted by Gasteiger charge is 2.25. The van der Waals surface area contributed by atoms with Gasteiger partial charge in [-0.25, -0.2) is 13.8 Å². The maximum atomic E-state index is 13.3. The number of benzene rings is 1. The number of halogens is 3. The molecular weight excluding hydrogens is 332 g/mol. The van der Waals surface area contributed by atoms with E-state index in [-0.39, 0.29) is 30.6 Å². The van der Waals surface area contributed by atoms with E-state index in [4.69, 9.17) is 5.73 Å². The van der Waals surface area contributed by atoms with Gasteiger partial charge in [0.25, 0.3) is 5.91 Å². The van der Waals surface area contributed by atoms with E-state index in [0.717, 1.165) is 12.1 Å². The van der Waals surface area contributed by atoms with Gasteiger partial charge in [0.1, 0.15) is 10.7 Å². The minimum absolute atomic E-state index is 0. The van der Waals surface area contributed by atoms with Gasteiger partial charge in [-0.15, -0.1) is 23.7 Å². The first-order valence-corrected chi connectivity index (χ1v) is 7.14. The smallest absolute Gasteiger partial charge is 0.271 e. The fraction of sp³-hybridized carbons (Fsp3) is 0.286. The minimum Gasteiger partial charge on any atom is -0.342 e. The normalized spacial score (nSPS) is 11.0. The molecule has 0 aliphatic heterocycles. The lowest BCUT2D eigenvalue weighted by atomic mass is 9.94. The van der Waals surface area contributed by atoms with Crippen LogP contribution in [0.2, 0.25) is 0 Å². The predicted molar refractivity (Wildman–Crippen MR) is 84.1 cm³/mol. The van der Waals surface area contributed by atoms with Gasteiger partial charge in [-0.1, -0.05) is 6.07 Å². The van der Waals surface area contributed by atoms with Gasteiger partial charge < -0.3 is 11.1 Å². The average molecular weight is 348 g/mol. The zero-order chi connectivity index (χ0) is 15.6. The van der Waals surface area contributed by atoms with Gasteiger partial charge in [-0.2, -0.15) is 0 Å². The molecule has 0 aliphatic carbocycles. The Balaban J connectivity index is 0.00000242. The summed E-state index contributed by atoms with van der Waals surface area (Å²) in [6, 6.07) is 3.54. The number of aromatic nitrogens is 1. The van der Waals surface area contributed by atoms with E-state index < -0.39 is 17.2 Å². The van der Waals surface area contributed by atoms with Crippen LogP contribution in [0.15, 0.2) is 23.6 Å². The van der Waals surface area contributed by atoms with Crippen molar-refractivity contribution in [3.05, 3.63) is 51.5 Å². The zero-order valence-corrected chi connectivity index (χ0v) is 13.7. The molecular formula is C14H16ClF2N3OS. The van der Waals surface area contributed by atoms with E-state index in [9.17, 15) is 13.6 Å². The number of carbonyl (C=O) groups is 1. The van der Waals surface area contributed by atoms with Gasteiger partial charge in [-0.05, 0) is 31.5 Å². The van der Waals surface area contributed by atoms with E-state index in [2.05, 4.69) is 10.3 Å². The predicted octanol–water partition coefficient (Wildman–Crippen LogP) is 2.97. The molecule has 0 spiro atoms. The molecule has 2 aromatic rings.